The predicted octanol–water partition coefficient (Wildman–Crippen LogP) is 1.83. The first-order valence-electron chi connectivity index (χ1n) is 9.23. The van der Waals surface area contributed by atoms with E-state index in [1.54, 1.807) is 6.92 Å². The summed E-state index contributed by atoms with van der Waals surface area (Å²) in [4.78, 5) is 18.5. The Morgan fingerprint density at radius 2 is 1.93 bits per heavy atom. The molecular formula is C19H18N4O5S. The largest absolute Gasteiger partial charge is 0.361 e. The van der Waals surface area contributed by atoms with Gasteiger partial charge in [0.1, 0.15) is 10.5 Å². The number of sulfone groups is 1. The third-order valence-electron chi connectivity index (χ3n) is 5.75. The molecule has 1 atom stereocenters. The molecule has 10 heteroatoms. The maximum Gasteiger partial charge on any atom is 0.276 e. The third-order valence-corrected chi connectivity index (χ3v) is 8.31. The molecule has 0 radical (unpaired) electrons. The summed E-state index contributed by atoms with van der Waals surface area (Å²) in [6, 6.07) is 10.9. The Morgan fingerprint density at radius 1 is 1.17 bits per heavy atom. The molecule has 1 aromatic carbocycles. The van der Waals surface area contributed by atoms with Gasteiger partial charge in [0.15, 0.2) is 15.5 Å². The van der Waals surface area contributed by atoms with Gasteiger partial charge in [-0.2, -0.15) is 4.98 Å². The number of aryl methyl sites for hydroxylation is 1. The van der Waals surface area contributed by atoms with Crippen LogP contribution in [0.1, 0.15) is 34.5 Å². The van der Waals surface area contributed by atoms with E-state index < -0.39 is 20.5 Å². The minimum absolute atomic E-state index is 0.0335. The number of carbonyl (C=O) groups excluding carboxylic acids is 1. The summed E-state index contributed by atoms with van der Waals surface area (Å²) in [6.45, 7) is 1.85. The highest BCUT2D eigenvalue weighted by Gasteiger charge is 2.64. The zero-order valence-corrected chi connectivity index (χ0v) is 16.4. The minimum Gasteiger partial charge on any atom is -0.361 e. The predicted molar refractivity (Wildman–Crippen MR) is 101 cm³/mol. The summed E-state index contributed by atoms with van der Waals surface area (Å²) >= 11 is 0. The summed E-state index contributed by atoms with van der Waals surface area (Å²) in [5, 5.41) is 7.75. The molecule has 2 aliphatic rings. The van der Waals surface area contributed by atoms with Crippen molar-refractivity contribution < 1.29 is 22.3 Å². The van der Waals surface area contributed by atoms with E-state index in [0.29, 0.717) is 23.9 Å². The fourth-order valence-corrected chi connectivity index (χ4v) is 6.49. The highest BCUT2D eigenvalue weighted by Crippen LogP contribution is 2.49. The number of hydrogen-bond acceptors (Lipinski definition) is 8. The number of amides is 1. The number of carbonyl (C=O) groups is 1. The van der Waals surface area contributed by atoms with Crippen LogP contribution in [0.2, 0.25) is 0 Å². The molecule has 2 aliphatic heterocycles. The fourth-order valence-electron chi connectivity index (χ4n) is 4.18. The lowest BCUT2D eigenvalue weighted by molar-refractivity contribution is 0.0493. The van der Waals surface area contributed by atoms with Gasteiger partial charge in [0.25, 0.3) is 5.91 Å². The Kier molecular flexibility index (Phi) is 3.89. The van der Waals surface area contributed by atoms with Crippen LogP contribution in [-0.2, 0) is 9.84 Å². The molecule has 3 aromatic rings. The summed E-state index contributed by atoms with van der Waals surface area (Å²) < 4.78 is 35.1. The smallest absolute Gasteiger partial charge is 0.276 e. The van der Waals surface area contributed by atoms with Crippen molar-refractivity contribution in [3.05, 3.63) is 53.7 Å². The van der Waals surface area contributed by atoms with Gasteiger partial charge in [-0.05, 0) is 13.3 Å². The van der Waals surface area contributed by atoms with Crippen LogP contribution in [0, 0.1) is 6.92 Å². The van der Waals surface area contributed by atoms with E-state index in [2.05, 4.69) is 15.3 Å². The standard InChI is InChI=1S/C19H18N4O5S/c1-12-9-15(21-27-12)18(24)23-10-19(11-23)14(7-8-29(19,25)26)17-20-16(22-28-17)13-5-3-2-4-6-13/h2-6,9,14H,7-8,10-11H2,1H3. The first kappa shape index (κ1) is 18.0. The lowest BCUT2D eigenvalue weighted by Crippen LogP contribution is -2.67. The molecular weight excluding hydrogens is 396 g/mol. The average Bonchev–Trinajstić information content (AvgIpc) is 3.38. The lowest BCUT2D eigenvalue weighted by Gasteiger charge is -2.48. The zero-order chi connectivity index (χ0) is 20.2. The summed E-state index contributed by atoms with van der Waals surface area (Å²) in [7, 11) is -3.41. The minimum atomic E-state index is -3.41. The van der Waals surface area contributed by atoms with Crippen molar-refractivity contribution in [3.8, 4) is 11.4 Å². The van der Waals surface area contributed by atoms with Crippen molar-refractivity contribution in [3.63, 3.8) is 0 Å². The summed E-state index contributed by atoms with van der Waals surface area (Å²) in [5.41, 5.74) is 0.970. The van der Waals surface area contributed by atoms with Crippen LogP contribution in [-0.4, -0.2) is 58.1 Å². The van der Waals surface area contributed by atoms with Crippen molar-refractivity contribution in [1.29, 1.82) is 0 Å². The van der Waals surface area contributed by atoms with Crippen molar-refractivity contribution in [1.82, 2.24) is 20.2 Å². The normalized spacial score (nSPS) is 22.0. The monoisotopic (exact) mass is 414 g/mol. The number of aromatic nitrogens is 3. The molecule has 150 valence electrons. The maximum absolute atomic E-state index is 12.9. The highest BCUT2D eigenvalue weighted by atomic mass is 32.2. The fraction of sp³-hybridized carbons (Fsp3) is 0.368. The molecule has 9 nitrogen and oxygen atoms in total. The number of rotatable bonds is 3. The highest BCUT2D eigenvalue weighted by molar-refractivity contribution is 7.93. The molecule has 2 fully saturated rings. The summed E-state index contributed by atoms with van der Waals surface area (Å²) in [6.07, 6.45) is 0.393. The Hall–Kier alpha value is -3.01. The second kappa shape index (κ2) is 6.24. The van der Waals surface area contributed by atoms with Crippen LogP contribution in [0.3, 0.4) is 0 Å². The van der Waals surface area contributed by atoms with Gasteiger partial charge in [0, 0.05) is 24.7 Å². The zero-order valence-electron chi connectivity index (χ0n) is 15.6. The van der Waals surface area contributed by atoms with Crippen molar-refractivity contribution in [2.24, 2.45) is 0 Å². The van der Waals surface area contributed by atoms with E-state index in [1.807, 2.05) is 30.3 Å². The van der Waals surface area contributed by atoms with Crippen LogP contribution in [0.5, 0.6) is 0 Å². The quantitative estimate of drug-likeness (QED) is 0.637. The number of hydrogen-bond donors (Lipinski definition) is 0. The molecule has 1 unspecified atom stereocenters. The van der Waals surface area contributed by atoms with Gasteiger partial charge >= 0.3 is 0 Å². The Morgan fingerprint density at radius 3 is 2.62 bits per heavy atom. The van der Waals surface area contributed by atoms with E-state index >= 15 is 0 Å². The molecule has 0 saturated carbocycles. The van der Waals surface area contributed by atoms with Crippen LogP contribution >= 0.6 is 0 Å². The van der Waals surface area contributed by atoms with Gasteiger partial charge in [-0.15, -0.1) is 0 Å². The molecule has 2 aromatic heterocycles. The van der Waals surface area contributed by atoms with Crippen molar-refractivity contribution in [2.45, 2.75) is 24.0 Å². The molecule has 5 rings (SSSR count). The van der Waals surface area contributed by atoms with Crippen LogP contribution in [0.25, 0.3) is 11.4 Å². The molecule has 29 heavy (non-hydrogen) atoms. The first-order chi connectivity index (χ1) is 13.9. The van der Waals surface area contributed by atoms with Gasteiger partial charge in [-0.3, -0.25) is 4.79 Å². The van der Waals surface area contributed by atoms with E-state index in [0.717, 1.165) is 5.56 Å². The Bertz CT molecular complexity index is 1180. The molecule has 1 spiro atoms. The van der Waals surface area contributed by atoms with Gasteiger partial charge in [0.2, 0.25) is 11.7 Å². The number of benzene rings is 1. The maximum atomic E-state index is 12.9. The molecule has 0 N–H and O–H groups in total. The van der Waals surface area contributed by atoms with E-state index in [4.69, 9.17) is 9.05 Å². The first-order valence-corrected chi connectivity index (χ1v) is 10.9. The van der Waals surface area contributed by atoms with E-state index in [-0.39, 0.29) is 30.4 Å². The van der Waals surface area contributed by atoms with Gasteiger partial charge in [-0.25, -0.2) is 8.42 Å². The Balaban J connectivity index is 1.42. The number of likely N-dealkylation sites (tertiary alicyclic amines) is 1. The molecule has 2 saturated heterocycles. The van der Waals surface area contributed by atoms with Crippen LogP contribution < -0.4 is 0 Å². The third kappa shape index (κ3) is 2.70. The Labute approximate surface area is 166 Å². The van der Waals surface area contributed by atoms with Gasteiger partial charge < -0.3 is 13.9 Å². The van der Waals surface area contributed by atoms with Crippen molar-refractivity contribution >= 4 is 15.7 Å². The molecule has 0 bridgehead atoms. The lowest BCUT2D eigenvalue weighted by atomic mass is 9.83. The molecule has 0 aliphatic carbocycles. The van der Waals surface area contributed by atoms with Crippen LogP contribution in [0.15, 0.2) is 45.4 Å². The van der Waals surface area contributed by atoms with Gasteiger partial charge in [-0.1, -0.05) is 40.6 Å². The van der Waals surface area contributed by atoms with Gasteiger partial charge in [0.05, 0.1) is 11.7 Å². The second-order valence-electron chi connectivity index (χ2n) is 7.53. The average molecular weight is 414 g/mol. The van der Waals surface area contributed by atoms with Crippen LogP contribution in [0.4, 0.5) is 0 Å². The van der Waals surface area contributed by atoms with E-state index in [9.17, 15) is 13.2 Å². The summed E-state index contributed by atoms with van der Waals surface area (Å²) in [5.74, 6) is 0.490. The topological polar surface area (TPSA) is 119 Å². The van der Waals surface area contributed by atoms with E-state index in [1.165, 1.54) is 11.0 Å². The molecule has 1 amide bonds. The second-order valence-corrected chi connectivity index (χ2v) is 9.98. The van der Waals surface area contributed by atoms with Crippen molar-refractivity contribution in [2.75, 3.05) is 18.8 Å². The number of nitrogens with zero attached hydrogens (tertiary/aromatic N) is 4. The molecule has 4 heterocycles. The SMILES string of the molecule is Cc1cc(C(=O)N2CC3(C2)C(c2nc(-c4ccccc4)no2)CCS3(=O)=O)no1.